The van der Waals surface area contributed by atoms with Crippen LogP contribution in [0, 0.1) is 0 Å². The van der Waals surface area contributed by atoms with E-state index in [1.54, 1.807) is 13.3 Å². The summed E-state index contributed by atoms with van der Waals surface area (Å²) in [5.41, 5.74) is 0. The van der Waals surface area contributed by atoms with Crippen molar-refractivity contribution in [3.8, 4) is 0 Å². The van der Waals surface area contributed by atoms with Crippen molar-refractivity contribution in [2.75, 3.05) is 13.2 Å². The van der Waals surface area contributed by atoms with Crippen molar-refractivity contribution in [3.63, 3.8) is 0 Å². The molecule has 1 rings (SSSR count). The predicted molar refractivity (Wildman–Crippen MR) is 54.9 cm³/mol. The molecule has 1 aliphatic heterocycles. The molecule has 12 heavy (non-hydrogen) atoms. The minimum absolute atomic E-state index is 0.653. The van der Waals surface area contributed by atoms with Crippen LogP contribution in [0.4, 0.5) is 0 Å². The first kappa shape index (κ1) is 12.8. The van der Waals surface area contributed by atoms with Crippen molar-refractivity contribution in [1.82, 2.24) is 0 Å². The van der Waals surface area contributed by atoms with Crippen LogP contribution in [0.15, 0.2) is 0 Å². The smallest absolute Gasteiger partial charge is 0.411 e. The molecule has 2 nitrogen and oxygen atoms in total. The van der Waals surface area contributed by atoms with E-state index >= 15 is 0 Å². The molecule has 0 spiro atoms. The van der Waals surface area contributed by atoms with Gasteiger partial charge in [0.2, 0.25) is 0 Å². The molecule has 70 valence electrons. The Labute approximate surface area is 84.1 Å². The monoisotopic (exact) mass is 278 g/mol. The average molecular weight is 277 g/mol. The first-order valence-corrected chi connectivity index (χ1v) is 10.8. The second kappa shape index (κ2) is 9.87. The Morgan fingerprint density at radius 1 is 1.00 bits per heavy atom. The molecular weight excluding hydrogens is 258 g/mol. The average Bonchev–Trinajstić information content (AvgIpc) is 2.64. The summed E-state index contributed by atoms with van der Waals surface area (Å²) in [5, 5.41) is 0. The molecule has 0 amide bonds. The molecule has 1 saturated heterocycles. The standard InChI is InChI=1S/C2H4BO2.3C2H5.Sn/c1-2-5-3-4-1;3*1-2;/h1-2H2;3*1H2,2H3;. The quantitative estimate of drug-likeness (QED) is 0.735. The van der Waals surface area contributed by atoms with E-state index in [4.69, 9.17) is 0 Å². The second-order valence-electron chi connectivity index (χ2n) is 2.65. The molecule has 0 aromatic carbocycles. The molecule has 0 unspecified atom stereocenters. The zero-order valence-electron chi connectivity index (χ0n) is 8.43. The van der Waals surface area contributed by atoms with Gasteiger partial charge in [0, 0.05) is 0 Å². The van der Waals surface area contributed by atoms with Crippen LogP contribution in [0.3, 0.4) is 0 Å². The molecular formula is C8H19BO2Sn. The molecule has 0 aromatic rings. The van der Waals surface area contributed by atoms with Gasteiger partial charge in [0.15, 0.2) is 0 Å². The first-order valence-electron chi connectivity index (χ1n) is 4.73. The zero-order valence-corrected chi connectivity index (χ0v) is 11.3. The Morgan fingerprint density at radius 3 is 1.50 bits per heavy atom. The summed E-state index contributed by atoms with van der Waals surface area (Å²) in [6.45, 7) is 8.49. The van der Waals surface area contributed by atoms with Gasteiger partial charge < -0.3 is 9.31 Å². The maximum absolute atomic E-state index is 4.60. The van der Waals surface area contributed by atoms with Crippen LogP contribution in [0.5, 0.6) is 0 Å². The summed E-state index contributed by atoms with van der Waals surface area (Å²) >= 11 is -0.653. The summed E-state index contributed by atoms with van der Waals surface area (Å²) in [4.78, 5) is 0. The summed E-state index contributed by atoms with van der Waals surface area (Å²) in [7, 11) is 1.36. The molecule has 1 heterocycles. The van der Waals surface area contributed by atoms with Gasteiger partial charge in [-0.3, -0.25) is 0 Å². The molecule has 2 radical (unpaired) electrons. The van der Waals surface area contributed by atoms with Crippen LogP contribution >= 0.6 is 0 Å². The van der Waals surface area contributed by atoms with Gasteiger partial charge in [-0.05, 0) is 0 Å². The molecule has 0 aliphatic carbocycles. The summed E-state index contributed by atoms with van der Waals surface area (Å²) in [5.74, 6) is 0. The third-order valence-corrected chi connectivity index (χ3v) is 10.5. The molecule has 0 aromatic heterocycles. The SMILES string of the molecule is C[CH2][Sn]([CH2]C)[CH2]C.[B]1OCCO1. The number of hydrogen-bond acceptors (Lipinski definition) is 2. The van der Waals surface area contributed by atoms with Gasteiger partial charge in [0.25, 0.3) is 0 Å². The Kier molecular flexibility index (Phi) is 10.5. The van der Waals surface area contributed by atoms with Crippen molar-refractivity contribution >= 4 is 27.4 Å². The van der Waals surface area contributed by atoms with E-state index in [0.717, 1.165) is 13.2 Å². The van der Waals surface area contributed by atoms with Gasteiger partial charge in [0.05, 0.1) is 13.2 Å². The van der Waals surface area contributed by atoms with Crippen molar-refractivity contribution in [3.05, 3.63) is 0 Å². The van der Waals surface area contributed by atoms with Crippen LogP contribution < -0.4 is 0 Å². The second-order valence-corrected chi connectivity index (χ2v) is 13.0. The van der Waals surface area contributed by atoms with Crippen molar-refractivity contribution in [2.24, 2.45) is 0 Å². The van der Waals surface area contributed by atoms with Crippen LogP contribution in [-0.4, -0.2) is 40.7 Å². The number of hydrogen-bond donors (Lipinski definition) is 0. The van der Waals surface area contributed by atoms with Gasteiger partial charge >= 0.3 is 61.5 Å². The van der Waals surface area contributed by atoms with Gasteiger partial charge in [0.1, 0.15) is 0 Å². The van der Waals surface area contributed by atoms with E-state index in [0.29, 0.717) is 0 Å². The fourth-order valence-corrected chi connectivity index (χ4v) is 5.27. The summed E-state index contributed by atoms with van der Waals surface area (Å²) in [6, 6.07) is 0. The van der Waals surface area contributed by atoms with Crippen LogP contribution in [0.1, 0.15) is 20.8 Å². The molecule has 1 fully saturated rings. The maximum atomic E-state index is 4.60. The van der Waals surface area contributed by atoms with Gasteiger partial charge in [-0.25, -0.2) is 0 Å². The summed E-state index contributed by atoms with van der Waals surface area (Å²) < 4.78 is 13.8. The summed E-state index contributed by atoms with van der Waals surface area (Å²) in [6.07, 6.45) is 0. The van der Waals surface area contributed by atoms with E-state index in [1.165, 1.54) is 7.69 Å². The molecule has 0 bridgehead atoms. The van der Waals surface area contributed by atoms with Crippen LogP contribution in [-0.2, 0) is 9.31 Å². The minimum atomic E-state index is -0.653. The van der Waals surface area contributed by atoms with E-state index in [1.807, 2.05) is 0 Å². The van der Waals surface area contributed by atoms with E-state index in [-0.39, 0.29) is 0 Å². The van der Waals surface area contributed by atoms with Gasteiger partial charge in [-0.1, -0.05) is 0 Å². The van der Waals surface area contributed by atoms with Crippen molar-refractivity contribution < 1.29 is 9.31 Å². The maximum Gasteiger partial charge on any atom is 0.488 e. The molecule has 0 N–H and O–H groups in total. The molecule has 0 saturated carbocycles. The Balaban J connectivity index is 0.000000211. The van der Waals surface area contributed by atoms with Crippen LogP contribution in [0.25, 0.3) is 0 Å². The zero-order chi connectivity index (χ0) is 9.23. The largest absolute Gasteiger partial charge is 0.488 e. The van der Waals surface area contributed by atoms with Crippen molar-refractivity contribution in [1.29, 1.82) is 0 Å². The van der Waals surface area contributed by atoms with Gasteiger partial charge in [-0.2, -0.15) is 0 Å². The fraction of sp³-hybridized carbons (Fsp3) is 1.00. The Hall–Kier alpha value is 0.784. The van der Waals surface area contributed by atoms with E-state index < -0.39 is 19.8 Å². The molecule has 0 atom stereocenters. The number of rotatable bonds is 3. The van der Waals surface area contributed by atoms with E-state index in [2.05, 4.69) is 30.1 Å². The predicted octanol–water partition coefficient (Wildman–Crippen LogP) is 2.11. The topological polar surface area (TPSA) is 18.5 Å². The third-order valence-electron chi connectivity index (χ3n) is 1.96. The molecule has 4 heteroatoms. The van der Waals surface area contributed by atoms with E-state index in [9.17, 15) is 0 Å². The van der Waals surface area contributed by atoms with Crippen LogP contribution in [0.2, 0.25) is 13.3 Å². The Morgan fingerprint density at radius 2 is 1.42 bits per heavy atom. The van der Waals surface area contributed by atoms with Gasteiger partial charge in [-0.15, -0.1) is 0 Å². The first-order chi connectivity index (χ1) is 5.85. The fourth-order valence-electron chi connectivity index (χ4n) is 0.991. The third kappa shape index (κ3) is 7.43. The minimum Gasteiger partial charge on any atom is -0.411 e. The normalized spacial score (nSPS) is 15.3. The Bertz CT molecular complexity index is 72.0. The van der Waals surface area contributed by atoms with Crippen molar-refractivity contribution in [2.45, 2.75) is 34.1 Å². The molecule has 1 aliphatic rings.